The van der Waals surface area contributed by atoms with Crippen molar-refractivity contribution in [3.63, 3.8) is 0 Å². The molecule has 1 saturated heterocycles. The second-order valence-electron chi connectivity index (χ2n) is 7.55. The Morgan fingerprint density at radius 2 is 2.04 bits per heavy atom. The number of thioether (sulfide) groups is 1. The maximum Gasteiger partial charge on any atom is 0.242 e. The maximum atomic E-state index is 12.6. The van der Waals surface area contributed by atoms with Gasteiger partial charge in [-0.2, -0.15) is 11.8 Å². The number of anilines is 1. The summed E-state index contributed by atoms with van der Waals surface area (Å²) in [6.45, 7) is 3.06. The van der Waals surface area contributed by atoms with Gasteiger partial charge in [0.15, 0.2) is 0 Å². The summed E-state index contributed by atoms with van der Waals surface area (Å²) < 4.78 is 26.1. The summed E-state index contributed by atoms with van der Waals surface area (Å²) in [5.41, 5.74) is 1.19. The van der Waals surface area contributed by atoms with Gasteiger partial charge in [0, 0.05) is 43.4 Å². The van der Waals surface area contributed by atoms with Crippen molar-refractivity contribution in [2.75, 3.05) is 38.3 Å². The standard InChI is InChI=1S/C19H29N3O3S2/c1-14-8-9-15(12-18(14)27(24,25)21(2)3)20-19(23)13-22-10-11-26-17-7-5-4-6-16(17)22/h8-9,12,16-17H,4-7,10-11,13H2,1-3H3,(H,20,23)/t16-,17+/m1/s1. The minimum atomic E-state index is -3.54. The quantitative estimate of drug-likeness (QED) is 0.806. The van der Waals surface area contributed by atoms with Crippen LogP contribution in [0.15, 0.2) is 23.1 Å². The molecule has 1 saturated carbocycles. The van der Waals surface area contributed by atoms with E-state index in [2.05, 4.69) is 10.2 Å². The van der Waals surface area contributed by atoms with E-state index in [0.717, 1.165) is 12.3 Å². The zero-order chi connectivity index (χ0) is 19.6. The Morgan fingerprint density at radius 1 is 1.30 bits per heavy atom. The SMILES string of the molecule is Cc1ccc(NC(=O)CN2CCS[C@H]3CCCC[C@H]32)cc1S(=O)(=O)N(C)C. The van der Waals surface area contributed by atoms with E-state index in [1.807, 2.05) is 11.8 Å². The highest BCUT2D eigenvalue weighted by Gasteiger charge is 2.34. The fraction of sp³-hybridized carbons (Fsp3) is 0.632. The zero-order valence-corrected chi connectivity index (χ0v) is 17.9. The Bertz CT molecular complexity index is 793. The lowest BCUT2D eigenvalue weighted by Gasteiger charge is -2.43. The van der Waals surface area contributed by atoms with Gasteiger partial charge in [0.25, 0.3) is 0 Å². The first-order chi connectivity index (χ1) is 12.8. The van der Waals surface area contributed by atoms with E-state index in [1.165, 1.54) is 44.1 Å². The van der Waals surface area contributed by atoms with E-state index in [1.54, 1.807) is 25.1 Å². The monoisotopic (exact) mass is 411 g/mol. The van der Waals surface area contributed by atoms with Crippen molar-refractivity contribution in [2.24, 2.45) is 0 Å². The molecule has 2 fully saturated rings. The minimum Gasteiger partial charge on any atom is -0.325 e. The smallest absolute Gasteiger partial charge is 0.242 e. The zero-order valence-electron chi connectivity index (χ0n) is 16.3. The number of hydrogen-bond acceptors (Lipinski definition) is 5. The summed E-state index contributed by atoms with van der Waals surface area (Å²) >= 11 is 2.05. The van der Waals surface area contributed by atoms with Gasteiger partial charge >= 0.3 is 0 Å². The highest BCUT2D eigenvalue weighted by atomic mass is 32.2. The van der Waals surface area contributed by atoms with Gasteiger partial charge in [0.1, 0.15) is 0 Å². The molecular formula is C19H29N3O3S2. The molecule has 27 heavy (non-hydrogen) atoms. The van der Waals surface area contributed by atoms with Crippen molar-refractivity contribution in [1.82, 2.24) is 9.21 Å². The third-order valence-electron chi connectivity index (χ3n) is 5.42. The first-order valence-electron chi connectivity index (χ1n) is 9.48. The Morgan fingerprint density at radius 3 is 2.78 bits per heavy atom. The number of sulfonamides is 1. The van der Waals surface area contributed by atoms with Crippen LogP contribution in [0.3, 0.4) is 0 Å². The number of carbonyl (C=O) groups is 1. The molecule has 0 aromatic heterocycles. The van der Waals surface area contributed by atoms with Crippen LogP contribution in [0.2, 0.25) is 0 Å². The van der Waals surface area contributed by atoms with E-state index in [9.17, 15) is 13.2 Å². The van der Waals surface area contributed by atoms with Gasteiger partial charge in [-0.15, -0.1) is 0 Å². The molecular weight excluding hydrogens is 382 g/mol. The molecule has 2 aliphatic rings. The lowest BCUT2D eigenvalue weighted by atomic mass is 9.93. The van der Waals surface area contributed by atoms with Crippen LogP contribution in [0.4, 0.5) is 5.69 Å². The number of nitrogens with zero attached hydrogens (tertiary/aromatic N) is 2. The molecule has 1 aromatic rings. The molecule has 1 amide bonds. The average molecular weight is 412 g/mol. The fourth-order valence-electron chi connectivity index (χ4n) is 3.91. The van der Waals surface area contributed by atoms with Gasteiger partial charge in [-0.05, 0) is 37.5 Å². The largest absolute Gasteiger partial charge is 0.325 e. The highest BCUT2D eigenvalue weighted by molar-refractivity contribution is 8.00. The van der Waals surface area contributed by atoms with Crippen molar-refractivity contribution in [1.29, 1.82) is 0 Å². The van der Waals surface area contributed by atoms with Gasteiger partial charge in [0.2, 0.25) is 15.9 Å². The van der Waals surface area contributed by atoms with Crippen LogP contribution in [-0.4, -0.2) is 67.8 Å². The average Bonchev–Trinajstić information content (AvgIpc) is 2.63. The lowest BCUT2D eigenvalue weighted by Crippen LogP contribution is -2.51. The van der Waals surface area contributed by atoms with Crippen LogP contribution in [0.5, 0.6) is 0 Å². The third kappa shape index (κ3) is 4.67. The van der Waals surface area contributed by atoms with Gasteiger partial charge in [0.05, 0.1) is 11.4 Å². The second kappa shape index (κ2) is 8.51. The summed E-state index contributed by atoms with van der Waals surface area (Å²) in [5.74, 6) is 0.993. The number of benzene rings is 1. The molecule has 0 unspecified atom stereocenters. The van der Waals surface area contributed by atoms with Crippen LogP contribution in [0, 0.1) is 6.92 Å². The molecule has 150 valence electrons. The van der Waals surface area contributed by atoms with E-state index in [-0.39, 0.29) is 10.8 Å². The first kappa shape index (κ1) is 20.6. The van der Waals surface area contributed by atoms with Gasteiger partial charge in [-0.1, -0.05) is 18.9 Å². The molecule has 1 aliphatic carbocycles. The van der Waals surface area contributed by atoms with Crippen molar-refractivity contribution in [3.05, 3.63) is 23.8 Å². The molecule has 6 nitrogen and oxygen atoms in total. The van der Waals surface area contributed by atoms with Crippen molar-refractivity contribution in [3.8, 4) is 0 Å². The molecule has 1 aromatic carbocycles. The van der Waals surface area contributed by atoms with Crippen molar-refractivity contribution < 1.29 is 13.2 Å². The minimum absolute atomic E-state index is 0.0803. The predicted molar refractivity (Wildman–Crippen MR) is 111 cm³/mol. The molecule has 8 heteroatoms. The number of nitrogens with one attached hydrogen (secondary N) is 1. The van der Waals surface area contributed by atoms with E-state index in [4.69, 9.17) is 0 Å². The Balaban J connectivity index is 1.69. The number of hydrogen-bond donors (Lipinski definition) is 1. The normalized spacial score (nSPS) is 23.9. The summed E-state index contributed by atoms with van der Waals surface area (Å²) in [7, 11) is -0.522. The van der Waals surface area contributed by atoms with Gasteiger partial charge in [-0.25, -0.2) is 12.7 Å². The van der Waals surface area contributed by atoms with Gasteiger partial charge < -0.3 is 5.32 Å². The highest BCUT2D eigenvalue weighted by Crippen LogP contribution is 2.35. The summed E-state index contributed by atoms with van der Waals surface area (Å²) in [6, 6.07) is 5.54. The molecule has 0 radical (unpaired) electrons. The number of fused-ring (bicyclic) bond motifs is 1. The molecule has 1 N–H and O–H groups in total. The van der Waals surface area contributed by atoms with E-state index in [0.29, 0.717) is 29.1 Å². The molecule has 3 rings (SSSR count). The third-order valence-corrected chi connectivity index (χ3v) is 8.78. The van der Waals surface area contributed by atoms with E-state index < -0.39 is 10.0 Å². The number of aryl methyl sites for hydroxylation is 1. The van der Waals surface area contributed by atoms with Crippen LogP contribution >= 0.6 is 11.8 Å². The topological polar surface area (TPSA) is 69.7 Å². The Labute approximate surface area is 166 Å². The number of amides is 1. The van der Waals surface area contributed by atoms with Crippen LogP contribution in [0.1, 0.15) is 31.2 Å². The second-order valence-corrected chi connectivity index (χ2v) is 11.0. The molecule has 1 heterocycles. The van der Waals surface area contributed by atoms with E-state index >= 15 is 0 Å². The Kier molecular flexibility index (Phi) is 6.50. The molecule has 1 aliphatic heterocycles. The maximum absolute atomic E-state index is 12.6. The van der Waals surface area contributed by atoms with Gasteiger partial charge in [-0.3, -0.25) is 9.69 Å². The molecule has 0 bridgehead atoms. The number of carbonyl (C=O) groups excluding carboxylic acids is 1. The molecule has 2 atom stereocenters. The fourth-order valence-corrected chi connectivity index (χ4v) is 6.56. The Hall–Kier alpha value is -1.09. The summed E-state index contributed by atoms with van der Waals surface area (Å²) in [6.07, 6.45) is 4.95. The van der Waals surface area contributed by atoms with Crippen LogP contribution in [0.25, 0.3) is 0 Å². The first-order valence-corrected chi connectivity index (χ1v) is 12.0. The molecule has 0 spiro atoms. The predicted octanol–water partition coefficient (Wildman–Crippen LogP) is 2.54. The lowest BCUT2D eigenvalue weighted by molar-refractivity contribution is -0.118. The van der Waals surface area contributed by atoms with Crippen molar-refractivity contribution in [2.45, 2.75) is 48.8 Å². The summed E-state index contributed by atoms with van der Waals surface area (Å²) in [4.78, 5) is 15.2. The van der Waals surface area contributed by atoms with Crippen LogP contribution < -0.4 is 5.32 Å². The van der Waals surface area contributed by atoms with Crippen molar-refractivity contribution >= 4 is 33.4 Å². The number of rotatable bonds is 5. The summed E-state index contributed by atoms with van der Waals surface area (Å²) in [5, 5.41) is 3.54. The van der Waals surface area contributed by atoms with Crippen LogP contribution in [-0.2, 0) is 14.8 Å².